The van der Waals surface area contributed by atoms with Gasteiger partial charge in [0.25, 0.3) is 11.7 Å². The van der Waals surface area contributed by atoms with Crippen LogP contribution in [0.5, 0.6) is 17.2 Å². The number of ether oxygens (including phenoxy) is 5. The van der Waals surface area contributed by atoms with Gasteiger partial charge in [-0.25, -0.2) is 9.78 Å². The van der Waals surface area contributed by atoms with Crippen LogP contribution < -0.4 is 15.0 Å². The minimum Gasteiger partial charge on any atom is -0.507 e. The van der Waals surface area contributed by atoms with E-state index in [2.05, 4.69) is 5.32 Å². The predicted octanol–water partition coefficient (Wildman–Crippen LogP) is 7.12. The van der Waals surface area contributed by atoms with E-state index in [4.69, 9.17) is 28.7 Å². The monoisotopic (exact) mass is 956 g/mol. The van der Waals surface area contributed by atoms with Crippen molar-refractivity contribution in [2.45, 2.75) is 92.2 Å². The first kappa shape index (κ1) is 49.7. The summed E-state index contributed by atoms with van der Waals surface area (Å²) in [5, 5.41) is 50.3. The van der Waals surface area contributed by atoms with E-state index in [1.165, 1.54) is 40.2 Å². The molecule has 18 heteroatoms. The lowest BCUT2D eigenvalue weighted by atomic mass is 9.78. The molecule has 364 valence electrons. The molecule has 4 bridgehead atoms. The number of Topliss-reactive ketones (excluding diaryl/α,β-unsaturated/α-hetero) is 1. The number of phenols is 2. The highest BCUT2D eigenvalue weighted by Crippen LogP contribution is 2.55. The number of methoxy groups -OCH3 is 1. The Hall–Kier alpha value is -6.21. The molecule has 4 aromatic rings. The van der Waals surface area contributed by atoms with Crippen molar-refractivity contribution in [1.82, 2.24) is 9.88 Å². The molecule has 9 atom stereocenters. The number of carbonyl (C=O) groups excluding carboxylic acids is 4. The Balaban J connectivity index is 1.32. The maximum Gasteiger partial charge on any atom is 0.410 e. The number of carbonyl (C=O) groups is 4. The average Bonchev–Trinajstić information content (AvgIpc) is 3.88. The van der Waals surface area contributed by atoms with Gasteiger partial charge in [-0.3, -0.25) is 14.4 Å². The summed E-state index contributed by atoms with van der Waals surface area (Å²) in [6.07, 6.45) is 3.29. The SMILES string of the molecule is COC1/C=C/OC2(C)Oc3c(C)c(O)c4c(O)c(c5sc(N6CCN(C(=O)OCc7ccccc7)CC6)nc5c4c3C2=O)NC(=O)/C(C)=C\C=C\C(C)C(O)C(C)C(O)C(C)C(OC(C)=O)C1C. The molecule has 1 aromatic heterocycles. The van der Waals surface area contributed by atoms with Crippen molar-refractivity contribution < 1.29 is 63.3 Å². The number of anilines is 2. The zero-order valence-electron chi connectivity index (χ0n) is 39.6. The molecule has 1 fully saturated rings. The van der Waals surface area contributed by atoms with Crippen LogP contribution >= 0.6 is 11.3 Å². The number of hydrogen-bond donors (Lipinski definition) is 5. The van der Waals surface area contributed by atoms with E-state index in [1.54, 1.807) is 57.7 Å². The Morgan fingerprint density at radius 3 is 2.29 bits per heavy atom. The number of thiazole rings is 1. The largest absolute Gasteiger partial charge is 0.507 e. The van der Waals surface area contributed by atoms with Gasteiger partial charge in [0.15, 0.2) is 10.9 Å². The van der Waals surface area contributed by atoms with Crippen LogP contribution in [0.2, 0.25) is 0 Å². The summed E-state index contributed by atoms with van der Waals surface area (Å²) in [5.41, 5.74) is 1.33. The van der Waals surface area contributed by atoms with E-state index < -0.39 is 89.1 Å². The van der Waals surface area contributed by atoms with Crippen LogP contribution in [0.1, 0.15) is 70.0 Å². The molecule has 1 saturated heterocycles. The maximum absolute atomic E-state index is 14.8. The molecular weight excluding hydrogens is 897 g/mol. The second kappa shape index (κ2) is 20.2. The number of aliphatic hydroxyl groups excluding tert-OH is 2. The number of piperazine rings is 1. The van der Waals surface area contributed by atoms with E-state index in [1.807, 2.05) is 35.2 Å². The van der Waals surface area contributed by atoms with Crippen molar-refractivity contribution in [2.24, 2.45) is 23.7 Å². The number of nitrogens with zero attached hydrogens (tertiary/aromatic N) is 3. The highest BCUT2D eigenvalue weighted by molar-refractivity contribution is 7.23. The minimum absolute atomic E-state index is 0.00146. The molecule has 3 aromatic carbocycles. The minimum atomic E-state index is -2.00. The van der Waals surface area contributed by atoms with Crippen molar-refractivity contribution in [3.05, 3.63) is 83.2 Å². The van der Waals surface area contributed by atoms with Gasteiger partial charge in [-0.2, -0.15) is 0 Å². The number of nitrogens with one attached hydrogen (secondary N) is 1. The van der Waals surface area contributed by atoms with Gasteiger partial charge in [-0.15, -0.1) is 0 Å². The van der Waals surface area contributed by atoms with Crippen molar-refractivity contribution in [3.8, 4) is 17.2 Å². The van der Waals surface area contributed by atoms with E-state index in [0.29, 0.717) is 36.0 Å². The number of amides is 2. The number of aromatic hydroxyl groups is 2. The van der Waals surface area contributed by atoms with Crippen LogP contribution in [-0.2, 0) is 35.1 Å². The third-order valence-electron chi connectivity index (χ3n) is 13.4. The topological polar surface area (TPSA) is 227 Å². The first-order valence-corrected chi connectivity index (χ1v) is 23.5. The number of aliphatic hydroxyl groups is 2. The second-order valence-electron chi connectivity index (χ2n) is 18.0. The molecule has 0 saturated carbocycles. The number of allylic oxidation sites excluding steroid dienone is 2. The molecule has 5 N–H and O–H groups in total. The predicted molar refractivity (Wildman–Crippen MR) is 256 cm³/mol. The number of phenolic OH excluding ortho intramolecular Hbond substituents is 2. The quantitative estimate of drug-likeness (QED) is 0.0992. The zero-order chi connectivity index (χ0) is 49.4. The van der Waals surface area contributed by atoms with Gasteiger partial charge in [0.1, 0.15) is 29.9 Å². The molecule has 4 heterocycles. The fraction of sp³-hybridized carbons (Fsp3) is 0.460. The molecule has 7 rings (SSSR count). The van der Waals surface area contributed by atoms with Crippen molar-refractivity contribution in [2.75, 3.05) is 43.5 Å². The van der Waals surface area contributed by atoms with Crippen LogP contribution in [0.25, 0.3) is 21.0 Å². The third kappa shape index (κ3) is 9.59. The lowest BCUT2D eigenvalue weighted by Crippen LogP contribution is -2.48. The molecule has 0 spiro atoms. The standard InChI is InChI=1S/C50H60N4O13S/c1-25-14-13-15-26(2)47(61)51-38-42(59)35-34(37-45(38)68-48(52-37)53-19-21-54(22-20-53)49(62)64-24-32-16-11-10-12-17-32)36-44(30(6)41(35)58)67-50(8,46(36)60)65-23-18-33(63-9)27(3)43(66-31(7)55)29(5)40(57)28(4)39(25)56/h10-18,23,25,27-29,33,39-40,43,56-59H,19-22,24H2,1-9H3,(H,51,61)/b14-13+,23-18+,26-15-. The number of benzene rings is 3. The van der Waals surface area contributed by atoms with Gasteiger partial charge in [0.05, 0.1) is 45.7 Å². The van der Waals surface area contributed by atoms with Crippen LogP contribution in [0.3, 0.4) is 0 Å². The van der Waals surface area contributed by atoms with Gasteiger partial charge in [0, 0.05) is 87.3 Å². The molecular formula is C50H60N4O13S. The number of ketones is 1. The number of hydrogen-bond acceptors (Lipinski definition) is 16. The van der Waals surface area contributed by atoms with E-state index in [-0.39, 0.29) is 51.0 Å². The van der Waals surface area contributed by atoms with Crippen LogP contribution in [-0.4, -0.2) is 118 Å². The van der Waals surface area contributed by atoms with Crippen LogP contribution in [0.15, 0.2) is 66.5 Å². The molecule has 17 nitrogen and oxygen atoms in total. The number of fused-ring (bicyclic) bond motifs is 1. The molecule has 9 unspecified atom stereocenters. The van der Waals surface area contributed by atoms with Gasteiger partial charge >= 0.3 is 17.8 Å². The summed E-state index contributed by atoms with van der Waals surface area (Å²) in [6, 6.07) is 9.37. The number of aromatic nitrogens is 1. The number of esters is 1. The van der Waals surface area contributed by atoms with Gasteiger partial charge in [0.2, 0.25) is 0 Å². The number of rotatable bonds is 5. The summed E-state index contributed by atoms with van der Waals surface area (Å²) < 4.78 is 29.9. The summed E-state index contributed by atoms with van der Waals surface area (Å²) >= 11 is 1.15. The van der Waals surface area contributed by atoms with Crippen molar-refractivity contribution >= 4 is 66.9 Å². The van der Waals surface area contributed by atoms with Crippen LogP contribution in [0, 0.1) is 30.6 Å². The molecule has 3 aliphatic heterocycles. The van der Waals surface area contributed by atoms with Crippen molar-refractivity contribution in [1.29, 1.82) is 0 Å². The second-order valence-corrected chi connectivity index (χ2v) is 19.0. The Bertz CT molecular complexity index is 2680. The van der Waals surface area contributed by atoms with E-state index >= 15 is 0 Å². The van der Waals surface area contributed by atoms with Crippen molar-refractivity contribution in [3.63, 3.8) is 0 Å². The lowest BCUT2D eigenvalue weighted by molar-refractivity contribution is -0.160. The normalized spacial score (nSPS) is 29.0. The van der Waals surface area contributed by atoms with Gasteiger partial charge < -0.3 is 59.2 Å². The fourth-order valence-corrected chi connectivity index (χ4v) is 10.3. The Morgan fingerprint density at radius 1 is 0.941 bits per heavy atom. The molecule has 2 amide bonds. The van der Waals surface area contributed by atoms with E-state index in [9.17, 15) is 39.6 Å². The van der Waals surface area contributed by atoms with E-state index in [0.717, 1.165) is 16.9 Å². The summed E-state index contributed by atoms with van der Waals surface area (Å²) in [5.74, 6) is -7.25. The zero-order valence-corrected chi connectivity index (χ0v) is 40.5. The summed E-state index contributed by atoms with van der Waals surface area (Å²) in [7, 11) is 1.45. The van der Waals surface area contributed by atoms with Gasteiger partial charge in [-0.05, 0) is 25.5 Å². The first-order chi connectivity index (χ1) is 32.3. The molecule has 0 radical (unpaired) electrons. The highest BCUT2D eigenvalue weighted by Gasteiger charge is 2.50. The Labute approximate surface area is 398 Å². The Kier molecular flexibility index (Phi) is 14.7. The maximum atomic E-state index is 14.8. The molecule has 3 aliphatic rings. The Morgan fingerprint density at radius 2 is 1.63 bits per heavy atom. The smallest absolute Gasteiger partial charge is 0.410 e. The third-order valence-corrected chi connectivity index (χ3v) is 14.5. The average molecular weight is 957 g/mol. The van der Waals surface area contributed by atoms with Gasteiger partial charge in [-0.1, -0.05) is 87.6 Å². The molecule has 68 heavy (non-hydrogen) atoms. The fourth-order valence-electron chi connectivity index (χ4n) is 9.14. The first-order valence-electron chi connectivity index (χ1n) is 22.6. The summed E-state index contributed by atoms with van der Waals surface area (Å²) in [6.45, 7) is 14.2. The highest BCUT2D eigenvalue weighted by atomic mass is 32.1. The lowest BCUT2D eigenvalue weighted by Gasteiger charge is -2.38. The molecule has 0 aliphatic carbocycles. The van der Waals surface area contributed by atoms with Crippen LogP contribution in [0.4, 0.5) is 15.6 Å². The summed E-state index contributed by atoms with van der Waals surface area (Å²) in [4.78, 5) is 62.8.